The fourth-order valence-corrected chi connectivity index (χ4v) is 5.34. The fourth-order valence-electron chi connectivity index (χ4n) is 3.20. The molecule has 0 aliphatic carbocycles. The SMILES string of the molecule is CCN(CC)S(=O)(=O)c1ccc(C)c(NC(=O)CSc2nnc(-c3ccc(C)cc3)n2N)c1. The lowest BCUT2D eigenvalue weighted by Gasteiger charge is -2.19. The number of rotatable bonds is 9. The van der Waals surface area contributed by atoms with Crippen LogP contribution in [0, 0.1) is 13.8 Å². The highest BCUT2D eigenvalue weighted by molar-refractivity contribution is 7.99. The average Bonchev–Trinajstić information content (AvgIpc) is 3.15. The summed E-state index contributed by atoms with van der Waals surface area (Å²) in [6, 6.07) is 12.5. The fraction of sp³-hybridized carbons (Fsp3) is 0.318. The lowest BCUT2D eigenvalue weighted by molar-refractivity contribution is -0.113. The molecular weight excluding hydrogens is 460 g/mol. The summed E-state index contributed by atoms with van der Waals surface area (Å²) >= 11 is 1.15. The van der Waals surface area contributed by atoms with E-state index in [1.165, 1.54) is 15.0 Å². The molecular formula is C22H28N6O3S2. The van der Waals surface area contributed by atoms with Crippen LogP contribution in [0.4, 0.5) is 5.69 Å². The number of nitrogens with two attached hydrogens (primary N) is 1. The monoisotopic (exact) mass is 488 g/mol. The van der Waals surface area contributed by atoms with Crippen LogP contribution >= 0.6 is 11.8 Å². The van der Waals surface area contributed by atoms with Crippen molar-refractivity contribution in [2.75, 3.05) is 30.0 Å². The number of sulfonamides is 1. The maximum Gasteiger partial charge on any atom is 0.243 e. The number of hydrogen-bond acceptors (Lipinski definition) is 7. The van der Waals surface area contributed by atoms with Gasteiger partial charge >= 0.3 is 0 Å². The molecule has 1 heterocycles. The van der Waals surface area contributed by atoms with E-state index in [4.69, 9.17) is 5.84 Å². The van der Waals surface area contributed by atoms with Crippen molar-refractivity contribution in [1.29, 1.82) is 0 Å². The van der Waals surface area contributed by atoms with Gasteiger partial charge in [0.25, 0.3) is 0 Å². The summed E-state index contributed by atoms with van der Waals surface area (Å²) in [6.45, 7) is 8.12. The first kappa shape index (κ1) is 24.7. The Morgan fingerprint density at radius 2 is 1.76 bits per heavy atom. The minimum Gasteiger partial charge on any atom is -0.335 e. The molecule has 1 amide bonds. The van der Waals surface area contributed by atoms with Gasteiger partial charge in [0.2, 0.25) is 21.1 Å². The summed E-state index contributed by atoms with van der Waals surface area (Å²) in [4.78, 5) is 12.7. The van der Waals surface area contributed by atoms with Gasteiger partial charge in [0, 0.05) is 24.3 Å². The van der Waals surface area contributed by atoms with E-state index in [1.807, 2.05) is 31.2 Å². The van der Waals surface area contributed by atoms with Gasteiger partial charge in [-0.25, -0.2) is 13.1 Å². The Balaban J connectivity index is 1.70. The lowest BCUT2D eigenvalue weighted by atomic mass is 10.1. The summed E-state index contributed by atoms with van der Waals surface area (Å²) in [5.41, 5.74) is 3.16. The van der Waals surface area contributed by atoms with Crippen LogP contribution in [0.2, 0.25) is 0 Å². The molecule has 0 bridgehead atoms. The minimum atomic E-state index is -3.62. The first-order chi connectivity index (χ1) is 15.7. The molecule has 176 valence electrons. The lowest BCUT2D eigenvalue weighted by Crippen LogP contribution is -2.30. The normalized spacial score (nSPS) is 11.7. The zero-order chi connectivity index (χ0) is 24.2. The van der Waals surface area contributed by atoms with Crippen LogP contribution in [-0.2, 0) is 14.8 Å². The summed E-state index contributed by atoms with van der Waals surface area (Å²) in [6.07, 6.45) is 0. The molecule has 3 rings (SSSR count). The number of anilines is 1. The molecule has 2 aromatic carbocycles. The standard InChI is InChI=1S/C22H28N6O3S2/c1-5-27(6-2)33(30,31)18-12-9-16(4)19(13-18)24-20(29)14-32-22-26-25-21(28(22)23)17-10-7-15(3)8-11-17/h7-13H,5-6,14,23H2,1-4H3,(H,24,29). The number of nitrogens with zero attached hydrogens (tertiary/aromatic N) is 4. The molecule has 11 heteroatoms. The van der Waals surface area contributed by atoms with Gasteiger partial charge < -0.3 is 11.2 Å². The highest BCUT2D eigenvalue weighted by atomic mass is 32.2. The van der Waals surface area contributed by atoms with Crippen molar-refractivity contribution in [1.82, 2.24) is 19.2 Å². The number of nitrogen functional groups attached to an aromatic ring is 1. The predicted octanol–water partition coefficient (Wildman–Crippen LogP) is 3.04. The number of hydrogen-bond donors (Lipinski definition) is 2. The third-order valence-corrected chi connectivity index (χ3v) is 8.12. The van der Waals surface area contributed by atoms with Crippen LogP contribution in [0.5, 0.6) is 0 Å². The van der Waals surface area contributed by atoms with E-state index < -0.39 is 10.0 Å². The molecule has 0 fully saturated rings. The number of benzene rings is 2. The Morgan fingerprint density at radius 3 is 2.39 bits per heavy atom. The number of carbonyl (C=O) groups excluding carboxylic acids is 1. The molecule has 3 N–H and O–H groups in total. The Labute approximate surface area is 198 Å². The number of aromatic nitrogens is 3. The predicted molar refractivity (Wildman–Crippen MR) is 131 cm³/mol. The Morgan fingerprint density at radius 1 is 1.09 bits per heavy atom. The second-order valence-corrected chi connectivity index (χ2v) is 10.3. The van der Waals surface area contributed by atoms with Crippen LogP contribution in [-0.4, -0.2) is 52.3 Å². The zero-order valence-corrected chi connectivity index (χ0v) is 20.7. The van der Waals surface area contributed by atoms with E-state index in [-0.39, 0.29) is 16.6 Å². The minimum absolute atomic E-state index is 0.0374. The van der Waals surface area contributed by atoms with E-state index in [0.29, 0.717) is 29.8 Å². The molecule has 0 atom stereocenters. The molecule has 0 spiro atoms. The first-order valence-electron chi connectivity index (χ1n) is 10.5. The summed E-state index contributed by atoms with van der Waals surface area (Å²) in [7, 11) is -3.62. The van der Waals surface area contributed by atoms with Crippen LogP contribution in [0.3, 0.4) is 0 Å². The zero-order valence-electron chi connectivity index (χ0n) is 19.1. The number of aryl methyl sites for hydroxylation is 2. The van der Waals surface area contributed by atoms with Gasteiger partial charge in [-0.1, -0.05) is 61.5 Å². The van der Waals surface area contributed by atoms with E-state index in [2.05, 4.69) is 15.5 Å². The van der Waals surface area contributed by atoms with Crippen LogP contribution in [0.25, 0.3) is 11.4 Å². The number of nitrogens with one attached hydrogen (secondary N) is 1. The van der Waals surface area contributed by atoms with Crippen molar-refractivity contribution >= 4 is 33.4 Å². The molecule has 0 saturated heterocycles. The van der Waals surface area contributed by atoms with Crippen molar-refractivity contribution in [2.24, 2.45) is 0 Å². The Hall–Kier alpha value is -2.89. The van der Waals surface area contributed by atoms with Crippen LogP contribution < -0.4 is 11.2 Å². The molecule has 0 saturated carbocycles. The number of amides is 1. The topological polar surface area (TPSA) is 123 Å². The van der Waals surface area contributed by atoms with Crippen molar-refractivity contribution in [2.45, 2.75) is 37.7 Å². The van der Waals surface area contributed by atoms with Crippen LogP contribution in [0.15, 0.2) is 52.5 Å². The van der Waals surface area contributed by atoms with Gasteiger partial charge in [-0.15, -0.1) is 10.2 Å². The maximum atomic E-state index is 12.8. The number of carbonyl (C=O) groups is 1. The summed E-state index contributed by atoms with van der Waals surface area (Å²) < 4.78 is 28.3. The molecule has 0 radical (unpaired) electrons. The van der Waals surface area contributed by atoms with Gasteiger partial charge in [-0.2, -0.15) is 4.31 Å². The van der Waals surface area contributed by atoms with Crippen molar-refractivity contribution in [3.8, 4) is 11.4 Å². The molecule has 33 heavy (non-hydrogen) atoms. The second kappa shape index (κ2) is 10.4. The molecule has 0 unspecified atom stereocenters. The van der Waals surface area contributed by atoms with E-state index in [1.54, 1.807) is 32.9 Å². The highest BCUT2D eigenvalue weighted by Gasteiger charge is 2.22. The Kier molecular flexibility index (Phi) is 7.77. The van der Waals surface area contributed by atoms with Crippen LogP contribution in [0.1, 0.15) is 25.0 Å². The molecule has 0 aliphatic heterocycles. The smallest absolute Gasteiger partial charge is 0.243 e. The van der Waals surface area contributed by atoms with E-state index >= 15 is 0 Å². The number of thioether (sulfide) groups is 1. The molecule has 3 aromatic rings. The summed E-state index contributed by atoms with van der Waals surface area (Å²) in [5, 5.41) is 11.4. The third kappa shape index (κ3) is 5.55. The maximum absolute atomic E-state index is 12.8. The van der Waals surface area contributed by atoms with E-state index in [9.17, 15) is 13.2 Å². The highest BCUT2D eigenvalue weighted by Crippen LogP contribution is 2.25. The summed E-state index contributed by atoms with van der Waals surface area (Å²) in [5.74, 6) is 6.36. The van der Waals surface area contributed by atoms with Gasteiger partial charge in [-0.3, -0.25) is 4.79 Å². The molecule has 9 nitrogen and oxygen atoms in total. The quantitative estimate of drug-likeness (QED) is 0.350. The largest absolute Gasteiger partial charge is 0.335 e. The van der Waals surface area contributed by atoms with Crippen molar-refractivity contribution in [3.63, 3.8) is 0 Å². The van der Waals surface area contributed by atoms with Crippen molar-refractivity contribution in [3.05, 3.63) is 53.6 Å². The van der Waals surface area contributed by atoms with Gasteiger partial charge in [-0.05, 0) is 31.5 Å². The van der Waals surface area contributed by atoms with Crippen molar-refractivity contribution < 1.29 is 13.2 Å². The van der Waals surface area contributed by atoms with Gasteiger partial charge in [0.05, 0.1) is 10.6 Å². The van der Waals surface area contributed by atoms with Gasteiger partial charge in [0.15, 0.2) is 5.82 Å². The first-order valence-corrected chi connectivity index (χ1v) is 12.9. The molecule has 1 aromatic heterocycles. The average molecular weight is 489 g/mol. The van der Waals surface area contributed by atoms with Gasteiger partial charge in [0.1, 0.15) is 0 Å². The van der Waals surface area contributed by atoms with E-state index in [0.717, 1.165) is 28.5 Å². The third-order valence-electron chi connectivity index (χ3n) is 5.13. The Bertz CT molecular complexity index is 1240. The molecule has 0 aliphatic rings. The second-order valence-electron chi connectivity index (χ2n) is 7.45.